The second kappa shape index (κ2) is 7.52. The summed E-state index contributed by atoms with van der Waals surface area (Å²) in [5.74, 6) is 0.373. The van der Waals surface area contributed by atoms with E-state index in [1.54, 1.807) is 13.0 Å². The van der Waals surface area contributed by atoms with Crippen molar-refractivity contribution < 1.29 is 23.8 Å². The van der Waals surface area contributed by atoms with E-state index >= 15 is 0 Å². The van der Waals surface area contributed by atoms with Crippen LogP contribution < -0.4 is 5.73 Å². The Morgan fingerprint density at radius 1 is 1.29 bits per heavy atom. The van der Waals surface area contributed by atoms with Gasteiger partial charge in [0.2, 0.25) is 6.79 Å². The summed E-state index contributed by atoms with van der Waals surface area (Å²) >= 11 is 0. The van der Waals surface area contributed by atoms with Crippen molar-refractivity contribution in [2.24, 2.45) is 11.7 Å². The first kappa shape index (κ1) is 18.3. The number of ether oxygens (including phenoxy) is 3. The largest absolute Gasteiger partial charge is 0.465 e. The van der Waals surface area contributed by atoms with Gasteiger partial charge in [-0.1, -0.05) is 18.2 Å². The molecule has 2 aromatic rings. The number of aromatic nitrogens is 1. The van der Waals surface area contributed by atoms with Crippen LogP contribution in [0.4, 0.5) is 0 Å². The van der Waals surface area contributed by atoms with Gasteiger partial charge in [-0.25, -0.2) is 0 Å². The number of carbonyl (C=O) groups is 2. The van der Waals surface area contributed by atoms with Gasteiger partial charge in [-0.15, -0.1) is 0 Å². The number of para-hydroxylation sites is 1. The number of rotatable bonds is 6. The molecule has 1 aromatic heterocycles. The fraction of sp³-hybridized carbons (Fsp3) is 0.333. The normalized spacial score (nSPS) is 19.1. The smallest absolute Gasteiger partial charge is 0.323 e. The number of hydrogen-bond donors (Lipinski definition) is 2. The van der Waals surface area contributed by atoms with Gasteiger partial charge in [0.1, 0.15) is 6.04 Å². The van der Waals surface area contributed by atoms with Crippen molar-refractivity contribution in [1.29, 1.82) is 0 Å². The summed E-state index contributed by atoms with van der Waals surface area (Å²) in [7, 11) is 0. The molecule has 2 atom stereocenters. The van der Waals surface area contributed by atoms with E-state index in [9.17, 15) is 9.59 Å². The predicted molar refractivity (Wildman–Crippen MR) is 102 cm³/mol. The Bertz CT molecular complexity index is 988. The van der Waals surface area contributed by atoms with Gasteiger partial charge in [0, 0.05) is 23.2 Å². The van der Waals surface area contributed by atoms with E-state index in [1.807, 2.05) is 30.3 Å². The third kappa shape index (κ3) is 3.29. The third-order valence-electron chi connectivity index (χ3n) is 4.99. The number of carbonyl (C=O) groups excluding carboxylic acids is 2. The van der Waals surface area contributed by atoms with Gasteiger partial charge in [-0.3, -0.25) is 9.59 Å². The van der Waals surface area contributed by atoms with Crippen LogP contribution in [0.15, 0.2) is 47.9 Å². The molecule has 0 radical (unpaired) electrons. The zero-order valence-electron chi connectivity index (χ0n) is 15.6. The third-order valence-corrected chi connectivity index (χ3v) is 4.99. The number of aromatic amines is 1. The molecule has 1 aliphatic heterocycles. The lowest BCUT2D eigenvalue weighted by atomic mass is 9.90. The first-order valence-electron chi connectivity index (χ1n) is 9.32. The monoisotopic (exact) mass is 382 g/mol. The average molecular weight is 382 g/mol. The van der Waals surface area contributed by atoms with Gasteiger partial charge in [0.25, 0.3) is 0 Å². The molecular formula is C21H22N2O5. The molecule has 0 amide bonds. The van der Waals surface area contributed by atoms with Crippen LogP contribution in [0.5, 0.6) is 0 Å². The number of benzene rings is 1. The Kier molecular flexibility index (Phi) is 4.92. The molecule has 28 heavy (non-hydrogen) atoms. The van der Waals surface area contributed by atoms with Crippen molar-refractivity contribution in [1.82, 2.24) is 4.98 Å². The summed E-state index contributed by atoms with van der Waals surface area (Å²) in [5, 5.41) is 0.880. The fourth-order valence-electron chi connectivity index (χ4n) is 3.62. The number of esters is 1. The summed E-state index contributed by atoms with van der Waals surface area (Å²) in [4.78, 5) is 28.5. The van der Waals surface area contributed by atoms with E-state index in [4.69, 9.17) is 19.9 Å². The lowest BCUT2D eigenvalue weighted by Gasteiger charge is -2.16. The Balaban J connectivity index is 1.67. The highest BCUT2D eigenvalue weighted by atomic mass is 16.7. The molecule has 0 saturated carbocycles. The molecule has 3 N–H and O–H groups in total. The number of ketones is 1. The minimum absolute atomic E-state index is 0.0689. The van der Waals surface area contributed by atoms with E-state index in [2.05, 4.69) is 4.98 Å². The molecule has 0 spiro atoms. The molecule has 1 saturated heterocycles. The lowest BCUT2D eigenvalue weighted by molar-refractivity contribution is -0.144. The van der Waals surface area contributed by atoms with E-state index in [0.717, 1.165) is 16.5 Å². The minimum atomic E-state index is -0.839. The molecule has 0 bridgehead atoms. The van der Waals surface area contributed by atoms with Crippen LogP contribution in [0.25, 0.3) is 10.9 Å². The highest BCUT2D eigenvalue weighted by molar-refractivity contribution is 6.04. The highest BCUT2D eigenvalue weighted by Gasteiger charge is 2.31. The van der Waals surface area contributed by atoms with Gasteiger partial charge in [0.15, 0.2) is 17.3 Å². The van der Waals surface area contributed by atoms with E-state index < -0.39 is 12.0 Å². The molecule has 2 unspecified atom stereocenters. The number of nitrogens with one attached hydrogen (secondary N) is 1. The van der Waals surface area contributed by atoms with Crippen LogP contribution in [-0.2, 0) is 25.4 Å². The molecule has 2 heterocycles. The Hall–Kier alpha value is -3.06. The number of allylic oxidation sites excluding steroid dienone is 2. The van der Waals surface area contributed by atoms with Crippen molar-refractivity contribution in [2.75, 3.05) is 13.4 Å². The molecule has 7 heteroatoms. The topological polar surface area (TPSA) is 104 Å². The molecule has 2 aliphatic rings. The standard InChI is InChI=1S/C21H22N2O5/c1-2-26-21(25)15(22)10-14-13-5-3-4-6-16(13)23-19(14)20(24)12-7-8-17-18(9-12)28-11-27-17/h3-6,8-9,12,15,23H,2,7,10-11,22H2,1H3. The molecule has 1 fully saturated rings. The quantitative estimate of drug-likeness (QED) is 0.588. The minimum Gasteiger partial charge on any atom is -0.465 e. The maximum Gasteiger partial charge on any atom is 0.323 e. The summed E-state index contributed by atoms with van der Waals surface area (Å²) < 4.78 is 15.8. The Morgan fingerprint density at radius 3 is 2.89 bits per heavy atom. The average Bonchev–Trinajstić information content (AvgIpc) is 3.32. The van der Waals surface area contributed by atoms with Crippen molar-refractivity contribution in [3.05, 3.63) is 59.2 Å². The molecule has 7 nitrogen and oxygen atoms in total. The van der Waals surface area contributed by atoms with Crippen LogP contribution in [0.1, 0.15) is 29.4 Å². The second-order valence-corrected chi connectivity index (χ2v) is 6.80. The number of hydrogen-bond acceptors (Lipinski definition) is 6. The highest BCUT2D eigenvalue weighted by Crippen LogP contribution is 2.33. The lowest BCUT2D eigenvalue weighted by Crippen LogP contribution is -2.35. The van der Waals surface area contributed by atoms with Crippen molar-refractivity contribution in [3.63, 3.8) is 0 Å². The zero-order chi connectivity index (χ0) is 19.7. The molecular weight excluding hydrogens is 360 g/mol. The van der Waals surface area contributed by atoms with Gasteiger partial charge in [-0.05, 0) is 37.1 Å². The Labute approximate surface area is 162 Å². The SMILES string of the molecule is CCOC(=O)C(N)Cc1c(C(=O)C2C=C3OCOC3=CC2)[nH]c2ccccc12. The van der Waals surface area contributed by atoms with Crippen molar-refractivity contribution >= 4 is 22.7 Å². The van der Waals surface area contributed by atoms with E-state index in [0.29, 0.717) is 23.6 Å². The number of nitrogens with two attached hydrogens (primary N) is 1. The first-order valence-corrected chi connectivity index (χ1v) is 9.32. The fourth-order valence-corrected chi connectivity index (χ4v) is 3.62. The zero-order valence-corrected chi connectivity index (χ0v) is 15.6. The number of Topliss-reactive ketones (excluding diaryl/α,β-unsaturated/α-hetero) is 1. The van der Waals surface area contributed by atoms with Crippen LogP contribution in [0.2, 0.25) is 0 Å². The predicted octanol–water partition coefficient (Wildman–Crippen LogP) is 2.58. The van der Waals surface area contributed by atoms with E-state index in [-0.39, 0.29) is 31.5 Å². The van der Waals surface area contributed by atoms with Gasteiger partial charge >= 0.3 is 5.97 Å². The van der Waals surface area contributed by atoms with Crippen LogP contribution in [0, 0.1) is 5.92 Å². The van der Waals surface area contributed by atoms with Crippen molar-refractivity contribution in [3.8, 4) is 0 Å². The molecule has 146 valence electrons. The molecule has 4 rings (SSSR count). The van der Waals surface area contributed by atoms with Crippen LogP contribution in [0.3, 0.4) is 0 Å². The number of H-pyrrole nitrogens is 1. The van der Waals surface area contributed by atoms with Crippen LogP contribution >= 0.6 is 0 Å². The van der Waals surface area contributed by atoms with Crippen molar-refractivity contribution in [2.45, 2.75) is 25.8 Å². The molecule has 1 aromatic carbocycles. The molecule has 1 aliphatic carbocycles. The first-order chi connectivity index (χ1) is 13.6. The maximum absolute atomic E-state index is 13.3. The Morgan fingerprint density at radius 2 is 2.07 bits per heavy atom. The summed E-state index contributed by atoms with van der Waals surface area (Å²) in [6, 6.07) is 6.76. The van der Waals surface area contributed by atoms with Gasteiger partial charge in [0.05, 0.1) is 12.3 Å². The summed E-state index contributed by atoms with van der Waals surface area (Å²) in [6.07, 6.45) is 4.41. The van der Waals surface area contributed by atoms with Gasteiger partial charge < -0.3 is 24.9 Å². The summed E-state index contributed by atoms with van der Waals surface area (Å²) in [6.45, 7) is 2.17. The number of fused-ring (bicyclic) bond motifs is 2. The second-order valence-electron chi connectivity index (χ2n) is 6.80. The van der Waals surface area contributed by atoms with Crippen LogP contribution in [-0.4, -0.2) is 36.2 Å². The maximum atomic E-state index is 13.3. The summed E-state index contributed by atoms with van der Waals surface area (Å²) in [5.41, 5.74) is 8.08. The van der Waals surface area contributed by atoms with E-state index in [1.165, 1.54) is 0 Å². The van der Waals surface area contributed by atoms with Gasteiger partial charge in [-0.2, -0.15) is 0 Å².